The van der Waals surface area contributed by atoms with Crippen LogP contribution in [0.3, 0.4) is 0 Å². The zero-order valence-corrected chi connectivity index (χ0v) is 13.4. The number of benzene rings is 2. The van der Waals surface area contributed by atoms with Crippen molar-refractivity contribution in [3.63, 3.8) is 0 Å². The molecule has 4 nitrogen and oxygen atoms in total. The molecule has 2 aromatic carbocycles. The number of urea groups is 1. The van der Waals surface area contributed by atoms with E-state index in [9.17, 15) is 4.79 Å². The first-order valence-corrected chi connectivity index (χ1v) is 7.40. The highest BCUT2D eigenvalue weighted by atomic mass is 35.5. The van der Waals surface area contributed by atoms with E-state index in [2.05, 4.69) is 10.6 Å². The summed E-state index contributed by atoms with van der Waals surface area (Å²) in [5.41, 5.74) is 2.83. The summed E-state index contributed by atoms with van der Waals surface area (Å²) in [5.74, 6) is 0.827. The molecule has 2 amide bonds. The van der Waals surface area contributed by atoms with Crippen LogP contribution in [0.4, 0.5) is 10.5 Å². The third-order valence-corrected chi connectivity index (χ3v) is 3.53. The normalized spacial score (nSPS) is 10.1. The molecular formula is C17H19ClN2O2. The lowest BCUT2D eigenvalue weighted by Gasteiger charge is -2.10. The Balaban J connectivity index is 1.79. The van der Waals surface area contributed by atoms with Crippen molar-refractivity contribution in [1.29, 1.82) is 0 Å². The second kappa shape index (κ2) is 7.71. The summed E-state index contributed by atoms with van der Waals surface area (Å²) >= 11 is 5.89. The number of amides is 2. The van der Waals surface area contributed by atoms with E-state index in [4.69, 9.17) is 16.3 Å². The second-order valence-corrected chi connectivity index (χ2v) is 5.37. The van der Waals surface area contributed by atoms with E-state index >= 15 is 0 Å². The minimum absolute atomic E-state index is 0.223. The van der Waals surface area contributed by atoms with Crippen molar-refractivity contribution in [2.24, 2.45) is 0 Å². The van der Waals surface area contributed by atoms with Gasteiger partial charge in [0, 0.05) is 17.3 Å². The van der Waals surface area contributed by atoms with E-state index < -0.39 is 0 Å². The summed E-state index contributed by atoms with van der Waals surface area (Å²) in [4.78, 5) is 11.9. The fraction of sp³-hybridized carbons (Fsp3) is 0.235. The van der Waals surface area contributed by atoms with Crippen molar-refractivity contribution in [2.75, 3.05) is 19.0 Å². The van der Waals surface area contributed by atoms with Gasteiger partial charge in [-0.2, -0.15) is 0 Å². The van der Waals surface area contributed by atoms with Crippen molar-refractivity contribution in [3.8, 4) is 5.75 Å². The Morgan fingerprint density at radius 2 is 1.91 bits per heavy atom. The highest BCUT2D eigenvalue weighted by molar-refractivity contribution is 6.30. The highest BCUT2D eigenvalue weighted by Crippen LogP contribution is 2.19. The Morgan fingerprint density at radius 3 is 2.55 bits per heavy atom. The molecule has 2 N–H and O–H groups in total. The van der Waals surface area contributed by atoms with Gasteiger partial charge < -0.3 is 15.4 Å². The Labute approximate surface area is 135 Å². The molecule has 2 rings (SSSR count). The van der Waals surface area contributed by atoms with Gasteiger partial charge >= 0.3 is 6.03 Å². The van der Waals surface area contributed by atoms with Crippen molar-refractivity contribution >= 4 is 23.3 Å². The largest absolute Gasteiger partial charge is 0.497 e. The van der Waals surface area contributed by atoms with Crippen LogP contribution in [0.1, 0.15) is 11.1 Å². The van der Waals surface area contributed by atoms with Crippen molar-refractivity contribution in [1.82, 2.24) is 5.32 Å². The Bertz CT molecular complexity index is 642. The molecular weight excluding hydrogens is 300 g/mol. The third-order valence-electron chi connectivity index (χ3n) is 3.29. The van der Waals surface area contributed by atoms with E-state index in [-0.39, 0.29) is 6.03 Å². The standard InChI is InChI=1S/C17H19ClN2O2/c1-12-11-14(18)5-8-16(12)20-17(21)19-10-9-13-3-6-15(22-2)7-4-13/h3-8,11H,9-10H2,1-2H3,(H2,19,20,21). The number of rotatable bonds is 5. The summed E-state index contributed by atoms with van der Waals surface area (Å²) in [6.07, 6.45) is 0.761. The zero-order valence-electron chi connectivity index (χ0n) is 12.7. The lowest BCUT2D eigenvalue weighted by molar-refractivity contribution is 0.252. The quantitative estimate of drug-likeness (QED) is 0.874. The second-order valence-electron chi connectivity index (χ2n) is 4.94. The molecule has 0 aliphatic heterocycles. The molecule has 0 bridgehead atoms. The molecule has 0 atom stereocenters. The number of anilines is 1. The maximum atomic E-state index is 11.9. The minimum atomic E-state index is -0.223. The number of hydrogen-bond donors (Lipinski definition) is 2. The van der Waals surface area contributed by atoms with Crippen LogP contribution in [0.5, 0.6) is 5.75 Å². The molecule has 0 aliphatic carbocycles. The predicted octanol–water partition coefficient (Wildman–Crippen LogP) is 4.02. The third kappa shape index (κ3) is 4.67. The predicted molar refractivity (Wildman–Crippen MR) is 89.9 cm³/mol. The molecule has 2 aromatic rings. The number of carbonyl (C=O) groups is 1. The Kier molecular flexibility index (Phi) is 5.67. The molecule has 0 heterocycles. The molecule has 0 unspecified atom stereocenters. The average Bonchev–Trinajstić information content (AvgIpc) is 2.51. The first-order chi connectivity index (χ1) is 10.6. The van der Waals surface area contributed by atoms with Gasteiger partial charge in [0.05, 0.1) is 7.11 Å². The van der Waals surface area contributed by atoms with Crippen LogP contribution in [0.2, 0.25) is 5.02 Å². The lowest BCUT2D eigenvalue weighted by atomic mass is 10.1. The summed E-state index contributed by atoms with van der Waals surface area (Å²) in [6, 6.07) is 12.9. The van der Waals surface area contributed by atoms with Gasteiger partial charge in [-0.3, -0.25) is 0 Å². The van der Waals surface area contributed by atoms with Crippen molar-refractivity contribution < 1.29 is 9.53 Å². The van der Waals surface area contributed by atoms with Gasteiger partial charge in [0.15, 0.2) is 0 Å². The van der Waals surface area contributed by atoms with Crippen molar-refractivity contribution in [3.05, 3.63) is 58.6 Å². The number of hydrogen-bond acceptors (Lipinski definition) is 2. The number of halogens is 1. The van der Waals surface area contributed by atoms with Gasteiger partial charge in [0.25, 0.3) is 0 Å². The highest BCUT2D eigenvalue weighted by Gasteiger charge is 2.04. The van der Waals surface area contributed by atoms with Gasteiger partial charge in [0.1, 0.15) is 5.75 Å². The molecule has 0 saturated heterocycles. The van der Waals surface area contributed by atoms with Gasteiger partial charge in [-0.1, -0.05) is 23.7 Å². The van der Waals surface area contributed by atoms with Crippen LogP contribution in [-0.4, -0.2) is 19.7 Å². The molecule has 5 heteroatoms. The SMILES string of the molecule is COc1ccc(CCNC(=O)Nc2ccc(Cl)cc2C)cc1. The minimum Gasteiger partial charge on any atom is -0.497 e. The van der Waals surface area contributed by atoms with E-state index in [1.54, 1.807) is 19.2 Å². The molecule has 0 aromatic heterocycles. The van der Waals surface area contributed by atoms with Crippen LogP contribution in [0.15, 0.2) is 42.5 Å². The smallest absolute Gasteiger partial charge is 0.319 e. The number of ether oxygens (including phenoxy) is 1. The Morgan fingerprint density at radius 1 is 1.18 bits per heavy atom. The number of methoxy groups -OCH3 is 1. The van der Waals surface area contributed by atoms with Crippen LogP contribution in [-0.2, 0) is 6.42 Å². The summed E-state index contributed by atoms with van der Waals surface area (Å²) in [6.45, 7) is 2.46. The summed E-state index contributed by atoms with van der Waals surface area (Å²) < 4.78 is 5.11. The van der Waals surface area contributed by atoms with Crippen LogP contribution in [0.25, 0.3) is 0 Å². The summed E-state index contributed by atoms with van der Waals surface area (Å²) in [7, 11) is 1.64. The van der Waals surface area contributed by atoms with Crippen LogP contribution in [0, 0.1) is 6.92 Å². The molecule has 0 fully saturated rings. The Hall–Kier alpha value is -2.20. The monoisotopic (exact) mass is 318 g/mol. The number of carbonyl (C=O) groups excluding carboxylic acids is 1. The van der Waals surface area contributed by atoms with Crippen LogP contribution >= 0.6 is 11.6 Å². The summed E-state index contributed by atoms with van der Waals surface area (Å²) in [5, 5.41) is 6.30. The maximum Gasteiger partial charge on any atom is 0.319 e. The number of nitrogens with one attached hydrogen (secondary N) is 2. The van der Waals surface area contributed by atoms with Gasteiger partial charge in [-0.05, 0) is 54.8 Å². The van der Waals surface area contributed by atoms with Gasteiger partial charge in [-0.15, -0.1) is 0 Å². The first kappa shape index (κ1) is 16.2. The van der Waals surface area contributed by atoms with Crippen LogP contribution < -0.4 is 15.4 Å². The number of aryl methyl sites for hydroxylation is 1. The van der Waals surface area contributed by atoms with E-state index in [0.29, 0.717) is 11.6 Å². The fourth-order valence-corrected chi connectivity index (χ4v) is 2.27. The topological polar surface area (TPSA) is 50.4 Å². The molecule has 0 saturated carbocycles. The van der Waals surface area contributed by atoms with E-state index in [1.165, 1.54) is 0 Å². The van der Waals surface area contributed by atoms with Crippen molar-refractivity contribution in [2.45, 2.75) is 13.3 Å². The molecule has 22 heavy (non-hydrogen) atoms. The zero-order chi connectivity index (χ0) is 15.9. The maximum absolute atomic E-state index is 11.9. The molecule has 116 valence electrons. The average molecular weight is 319 g/mol. The van der Waals surface area contributed by atoms with Gasteiger partial charge in [0.2, 0.25) is 0 Å². The van der Waals surface area contributed by atoms with E-state index in [1.807, 2.05) is 37.3 Å². The molecule has 0 aliphatic rings. The lowest BCUT2D eigenvalue weighted by Crippen LogP contribution is -2.30. The first-order valence-electron chi connectivity index (χ1n) is 7.02. The fourth-order valence-electron chi connectivity index (χ4n) is 2.05. The van der Waals surface area contributed by atoms with Gasteiger partial charge in [-0.25, -0.2) is 4.79 Å². The van der Waals surface area contributed by atoms with E-state index in [0.717, 1.165) is 29.0 Å². The molecule has 0 radical (unpaired) electrons. The molecule has 0 spiro atoms.